The average Bonchev–Trinajstić information content (AvgIpc) is 2.37. The highest BCUT2D eigenvalue weighted by molar-refractivity contribution is 5.85. The monoisotopic (exact) mass is 285 g/mol. The van der Waals surface area contributed by atoms with Crippen molar-refractivity contribution in [3.05, 3.63) is 0 Å². The van der Waals surface area contributed by atoms with Crippen LogP contribution >= 0.6 is 0 Å². The molecule has 0 aliphatic carbocycles. The maximum Gasteiger partial charge on any atom is 0.310 e. The summed E-state index contributed by atoms with van der Waals surface area (Å²) >= 11 is 0. The lowest BCUT2D eigenvalue weighted by Gasteiger charge is -2.34. The Bertz CT molecular complexity index is 328. The first-order chi connectivity index (χ1) is 9.20. The van der Waals surface area contributed by atoms with Crippen LogP contribution in [0, 0.1) is 11.3 Å². The predicted octanol–water partition coefficient (Wildman–Crippen LogP) is 3.55. The lowest BCUT2D eigenvalue weighted by atomic mass is 9.76. The Morgan fingerprint density at radius 2 is 1.75 bits per heavy atom. The smallest absolute Gasteiger partial charge is 0.310 e. The second-order valence-corrected chi connectivity index (χ2v) is 6.25. The van der Waals surface area contributed by atoms with Crippen LogP contribution in [0.1, 0.15) is 67.2 Å². The summed E-state index contributed by atoms with van der Waals surface area (Å²) in [5.74, 6) is -0.999. The number of amides is 1. The van der Waals surface area contributed by atoms with Crippen LogP contribution in [-0.4, -0.2) is 34.5 Å². The molecule has 0 fully saturated rings. The second-order valence-electron chi connectivity index (χ2n) is 6.25. The van der Waals surface area contributed by atoms with E-state index in [0.29, 0.717) is 0 Å². The summed E-state index contributed by atoms with van der Waals surface area (Å²) in [4.78, 5) is 25.9. The van der Waals surface area contributed by atoms with E-state index in [2.05, 4.69) is 13.8 Å². The number of carboxylic acid groups (broad SMARTS) is 1. The fraction of sp³-hybridized carbons (Fsp3) is 0.875. The second kappa shape index (κ2) is 8.28. The van der Waals surface area contributed by atoms with Crippen molar-refractivity contribution in [2.24, 2.45) is 11.3 Å². The average molecular weight is 285 g/mol. The Balaban J connectivity index is 5.02. The van der Waals surface area contributed by atoms with Crippen molar-refractivity contribution in [3.8, 4) is 0 Å². The van der Waals surface area contributed by atoms with Crippen molar-refractivity contribution in [2.45, 2.75) is 73.3 Å². The minimum Gasteiger partial charge on any atom is -0.481 e. The molecule has 4 heteroatoms. The molecule has 20 heavy (non-hydrogen) atoms. The first kappa shape index (κ1) is 18.9. The van der Waals surface area contributed by atoms with Gasteiger partial charge in [0.25, 0.3) is 0 Å². The van der Waals surface area contributed by atoms with Crippen LogP contribution < -0.4 is 0 Å². The molecule has 0 aliphatic heterocycles. The molecule has 0 heterocycles. The summed E-state index contributed by atoms with van der Waals surface area (Å²) in [6, 6.07) is 0.166. The first-order valence-corrected chi connectivity index (χ1v) is 7.73. The SMILES string of the molecule is CCCCN(C(=O)CC(C)(C(=O)O)C(C)C)C(C)CC. The molecule has 0 aromatic carbocycles. The zero-order chi connectivity index (χ0) is 15.9. The van der Waals surface area contributed by atoms with E-state index in [1.165, 1.54) is 0 Å². The van der Waals surface area contributed by atoms with Gasteiger partial charge in [-0.05, 0) is 32.6 Å². The van der Waals surface area contributed by atoms with E-state index >= 15 is 0 Å². The van der Waals surface area contributed by atoms with Gasteiger partial charge in [-0.1, -0.05) is 34.1 Å². The number of nitrogens with zero attached hydrogens (tertiary/aromatic N) is 1. The summed E-state index contributed by atoms with van der Waals surface area (Å²) in [5, 5.41) is 9.43. The molecular weight excluding hydrogens is 254 g/mol. The quantitative estimate of drug-likeness (QED) is 0.705. The minimum absolute atomic E-state index is 0.0357. The predicted molar refractivity (Wildman–Crippen MR) is 81.6 cm³/mol. The molecule has 2 unspecified atom stereocenters. The fourth-order valence-electron chi connectivity index (χ4n) is 2.08. The van der Waals surface area contributed by atoms with Gasteiger partial charge in [-0.2, -0.15) is 0 Å². The van der Waals surface area contributed by atoms with E-state index in [0.717, 1.165) is 25.8 Å². The number of hydrogen-bond acceptors (Lipinski definition) is 2. The van der Waals surface area contributed by atoms with Crippen molar-refractivity contribution >= 4 is 11.9 Å². The maximum atomic E-state index is 12.5. The molecular formula is C16H31NO3. The molecule has 1 N–H and O–H groups in total. The van der Waals surface area contributed by atoms with Crippen LogP contribution in [0.4, 0.5) is 0 Å². The number of aliphatic carboxylic acids is 1. The van der Waals surface area contributed by atoms with Crippen LogP contribution in [0.25, 0.3) is 0 Å². The molecule has 118 valence electrons. The third-order valence-electron chi connectivity index (χ3n) is 4.48. The van der Waals surface area contributed by atoms with Crippen LogP contribution in [0.15, 0.2) is 0 Å². The molecule has 0 aromatic heterocycles. The maximum absolute atomic E-state index is 12.5. The van der Waals surface area contributed by atoms with Crippen LogP contribution in [0.2, 0.25) is 0 Å². The third kappa shape index (κ3) is 4.80. The van der Waals surface area contributed by atoms with Gasteiger partial charge >= 0.3 is 5.97 Å². The van der Waals surface area contributed by atoms with Crippen LogP contribution in [0.5, 0.6) is 0 Å². The standard InChI is InChI=1S/C16H31NO3/c1-7-9-10-17(13(5)8-2)14(18)11-16(6,12(3)4)15(19)20/h12-13H,7-11H2,1-6H3,(H,19,20). The Morgan fingerprint density at radius 1 is 1.20 bits per heavy atom. The minimum atomic E-state index is -0.991. The highest BCUT2D eigenvalue weighted by Crippen LogP contribution is 2.32. The molecule has 0 aliphatic rings. The number of carbonyl (C=O) groups is 2. The highest BCUT2D eigenvalue weighted by atomic mass is 16.4. The van der Waals surface area contributed by atoms with E-state index in [4.69, 9.17) is 0 Å². The Morgan fingerprint density at radius 3 is 2.10 bits per heavy atom. The van der Waals surface area contributed by atoms with Crippen molar-refractivity contribution < 1.29 is 14.7 Å². The van der Waals surface area contributed by atoms with Gasteiger partial charge in [0, 0.05) is 19.0 Å². The molecule has 0 spiro atoms. The molecule has 0 saturated carbocycles. The van der Waals surface area contributed by atoms with Gasteiger partial charge in [0.1, 0.15) is 0 Å². The topological polar surface area (TPSA) is 57.6 Å². The lowest BCUT2D eigenvalue weighted by molar-refractivity contribution is -0.156. The van der Waals surface area contributed by atoms with E-state index < -0.39 is 11.4 Å². The molecule has 0 radical (unpaired) electrons. The number of rotatable bonds is 9. The number of carbonyl (C=O) groups excluding carboxylic acids is 1. The van der Waals surface area contributed by atoms with E-state index in [9.17, 15) is 14.7 Å². The van der Waals surface area contributed by atoms with E-state index in [1.54, 1.807) is 6.92 Å². The van der Waals surface area contributed by atoms with E-state index in [-0.39, 0.29) is 24.3 Å². The molecule has 0 rings (SSSR count). The van der Waals surface area contributed by atoms with Gasteiger partial charge in [0.2, 0.25) is 5.91 Å². The molecule has 0 saturated heterocycles. The Kier molecular flexibility index (Phi) is 7.84. The normalized spacial score (nSPS) is 15.8. The molecule has 0 aromatic rings. The molecule has 1 amide bonds. The molecule has 4 nitrogen and oxygen atoms in total. The van der Waals surface area contributed by atoms with Crippen LogP contribution in [0.3, 0.4) is 0 Å². The Hall–Kier alpha value is -1.06. The number of unbranched alkanes of at least 4 members (excludes halogenated alkanes) is 1. The Labute approximate surface area is 123 Å². The van der Waals surface area contributed by atoms with Crippen molar-refractivity contribution in [2.75, 3.05) is 6.54 Å². The van der Waals surface area contributed by atoms with Gasteiger partial charge in [-0.25, -0.2) is 0 Å². The van der Waals surface area contributed by atoms with Gasteiger partial charge in [-0.15, -0.1) is 0 Å². The number of hydrogen-bond donors (Lipinski definition) is 1. The first-order valence-electron chi connectivity index (χ1n) is 7.73. The summed E-state index contributed by atoms with van der Waals surface area (Å²) in [6.07, 6.45) is 2.96. The van der Waals surface area contributed by atoms with Gasteiger partial charge < -0.3 is 10.0 Å². The zero-order valence-corrected chi connectivity index (χ0v) is 13.9. The van der Waals surface area contributed by atoms with Crippen LogP contribution in [-0.2, 0) is 9.59 Å². The molecule has 0 bridgehead atoms. The summed E-state index contributed by atoms with van der Waals surface area (Å²) in [5.41, 5.74) is -0.991. The third-order valence-corrected chi connectivity index (χ3v) is 4.48. The fourth-order valence-corrected chi connectivity index (χ4v) is 2.08. The summed E-state index contributed by atoms with van der Waals surface area (Å²) in [7, 11) is 0. The summed E-state index contributed by atoms with van der Waals surface area (Å²) < 4.78 is 0. The van der Waals surface area contributed by atoms with Crippen molar-refractivity contribution in [3.63, 3.8) is 0 Å². The summed E-state index contributed by atoms with van der Waals surface area (Å²) in [6.45, 7) is 12.3. The molecule has 2 atom stereocenters. The van der Waals surface area contributed by atoms with Crippen molar-refractivity contribution in [1.29, 1.82) is 0 Å². The van der Waals surface area contributed by atoms with Gasteiger partial charge in [-0.3, -0.25) is 9.59 Å². The van der Waals surface area contributed by atoms with Crippen molar-refractivity contribution in [1.82, 2.24) is 4.90 Å². The zero-order valence-electron chi connectivity index (χ0n) is 13.9. The number of carboxylic acids is 1. The lowest BCUT2D eigenvalue weighted by Crippen LogP contribution is -2.44. The largest absolute Gasteiger partial charge is 0.481 e. The van der Waals surface area contributed by atoms with E-state index in [1.807, 2.05) is 25.7 Å². The highest BCUT2D eigenvalue weighted by Gasteiger charge is 2.40. The van der Waals surface area contributed by atoms with Gasteiger partial charge in [0.15, 0.2) is 0 Å². The van der Waals surface area contributed by atoms with Gasteiger partial charge in [0.05, 0.1) is 5.41 Å².